The zero-order valence-electron chi connectivity index (χ0n) is 14.3. The van der Waals surface area contributed by atoms with Gasteiger partial charge in [0, 0.05) is 11.6 Å². The lowest BCUT2D eigenvalue weighted by atomic mass is 10.2. The van der Waals surface area contributed by atoms with E-state index in [2.05, 4.69) is 10.5 Å². The molecule has 128 valence electrons. The Morgan fingerprint density at radius 1 is 1.04 bits per heavy atom. The second-order valence-electron chi connectivity index (χ2n) is 4.98. The molecule has 0 aliphatic heterocycles. The van der Waals surface area contributed by atoms with E-state index in [1.165, 1.54) is 20.4 Å². The molecule has 0 spiro atoms. The number of ether oxygens (including phenoxy) is 3. The van der Waals surface area contributed by atoms with Gasteiger partial charge in [-0.05, 0) is 26.0 Å². The first-order chi connectivity index (χ1) is 11.5. The van der Waals surface area contributed by atoms with Crippen molar-refractivity contribution in [1.29, 1.82) is 0 Å². The first-order valence-electron chi connectivity index (χ1n) is 7.20. The number of carbonyl (C=O) groups is 1. The van der Waals surface area contributed by atoms with E-state index in [1.807, 2.05) is 0 Å². The summed E-state index contributed by atoms with van der Waals surface area (Å²) >= 11 is 0. The number of rotatable bonds is 6. The number of nitrogens with zero attached hydrogens (tertiary/aromatic N) is 1. The Morgan fingerprint density at radius 2 is 1.67 bits per heavy atom. The van der Waals surface area contributed by atoms with Crippen molar-refractivity contribution in [2.24, 2.45) is 5.10 Å². The van der Waals surface area contributed by atoms with Crippen LogP contribution in [-0.2, 0) is 0 Å². The quantitative estimate of drug-likeness (QED) is 0.649. The van der Waals surface area contributed by atoms with Gasteiger partial charge in [-0.15, -0.1) is 0 Å². The van der Waals surface area contributed by atoms with Gasteiger partial charge in [0.15, 0.2) is 11.5 Å². The Kier molecular flexibility index (Phi) is 5.47. The van der Waals surface area contributed by atoms with Crippen molar-refractivity contribution in [2.45, 2.75) is 13.8 Å². The van der Waals surface area contributed by atoms with Crippen LogP contribution in [0.4, 0.5) is 0 Å². The summed E-state index contributed by atoms with van der Waals surface area (Å²) in [4.78, 5) is 12.1. The van der Waals surface area contributed by atoms with Gasteiger partial charge >= 0.3 is 0 Å². The zero-order chi connectivity index (χ0) is 17.7. The minimum Gasteiger partial charge on any atom is -0.496 e. The van der Waals surface area contributed by atoms with Crippen LogP contribution >= 0.6 is 0 Å². The first kappa shape index (κ1) is 17.4. The second-order valence-corrected chi connectivity index (χ2v) is 4.98. The largest absolute Gasteiger partial charge is 0.496 e. The van der Waals surface area contributed by atoms with Crippen LogP contribution in [0.1, 0.15) is 27.4 Å². The Balaban J connectivity index is 2.19. The molecular weight excluding hydrogens is 312 g/mol. The predicted molar refractivity (Wildman–Crippen MR) is 89.3 cm³/mol. The fraction of sp³-hybridized carbons (Fsp3) is 0.294. The van der Waals surface area contributed by atoms with Crippen LogP contribution in [0.25, 0.3) is 0 Å². The molecule has 1 amide bonds. The summed E-state index contributed by atoms with van der Waals surface area (Å²) in [5.41, 5.74) is 3.54. The fourth-order valence-electron chi connectivity index (χ4n) is 2.23. The van der Waals surface area contributed by atoms with Crippen molar-refractivity contribution in [1.82, 2.24) is 5.43 Å². The van der Waals surface area contributed by atoms with Gasteiger partial charge in [0.1, 0.15) is 17.3 Å². The molecule has 0 fully saturated rings. The Bertz CT molecular complexity index is 765. The lowest BCUT2D eigenvalue weighted by Crippen LogP contribution is -2.17. The molecule has 0 saturated carbocycles. The second kappa shape index (κ2) is 7.54. The molecule has 0 unspecified atom stereocenters. The lowest BCUT2D eigenvalue weighted by Gasteiger charge is -2.11. The molecule has 0 saturated heterocycles. The van der Waals surface area contributed by atoms with Crippen molar-refractivity contribution >= 4 is 12.1 Å². The number of hydrazone groups is 1. The number of hydrogen-bond donors (Lipinski definition) is 1. The SMILES string of the molecule is COc1cc(OC)c(OC)cc1C=NNC(=O)c1cc(C)oc1C. The molecule has 24 heavy (non-hydrogen) atoms. The number of benzene rings is 1. The minimum atomic E-state index is -0.347. The minimum absolute atomic E-state index is 0.347. The van der Waals surface area contributed by atoms with Gasteiger partial charge in [-0.2, -0.15) is 5.10 Å². The Hall–Kier alpha value is -2.96. The smallest absolute Gasteiger partial charge is 0.274 e. The van der Waals surface area contributed by atoms with Gasteiger partial charge in [-0.1, -0.05) is 0 Å². The lowest BCUT2D eigenvalue weighted by molar-refractivity contribution is 0.0953. The van der Waals surface area contributed by atoms with E-state index in [0.717, 1.165) is 0 Å². The third-order valence-corrected chi connectivity index (χ3v) is 3.39. The molecule has 0 aliphatic carbocycles. The van der Waals surface area contributed by atoms with Crippen LogP contribution in [0.5, 0.6) is 17.2 Å². The van der Waals surface area contributed by atoms with E-state index < -0.39 is 0 Å². The number of aryl methyl sites for hydroxylation is 2. The number of methoxy groups -OCH3 is 3. The van der Waals surface area contributed by atoms with Gasteiger partial charge in [0.25, 0.3) is 5.91 Å². The van der Waals surface area contributed by atoms with Crippen LogP contribution in [0.15, 0.2) is 27.7 Å². The molecule has 1 aromatic carbocycles. The van der Waals surface area contributed by atoms with Crippen LogP contribution in [0.2, 0.25) is 0 Å². The Labute approximate surface area is 140 Å². The molecule has 0 aliphatic rings. The van der Waals surface area contributed by atoms with Crippen molar-refractivity contribution in [2.75, 3.05) is 21.3 Å². The van der Waals surface area contributed by atoms with E-state index in [1.54, 1.807) is 39.2 Å². The molecule has 2 aromatic rings. The maximum Gasteiger partial charge on any atom is 0.274 e. The normalized spacial score (nSPS) is 10.7. The molecule has 0 radical (unpaired) electrons. The van der Waals surface area contributed by atoms with Gasteiger partial charge in [0.05, 0.1) is 33.1 Å². The molecule has 0 bridgehead atoms. The summed E-state index contributed by atoms with van der Waals surface area (Å²) in [5, 5.41) is 3.97. The fourth-order valence-corrected chi connectivity index (χ4v) is 2.23. The van der Waals surface area contributed by atoms with Crippen molar-refractivity contribution in [3.63, 3.8) is 0 Å². The number of hydrogen-bond acceptors (Lipinski definition) is 6. The van der Waals surface area contributed by atoms with E-state index in [9.17, 15) is 4.79 Å². The standard InChI is InChI=1S/C17H20N2O5/c1-10-6-13(11(2)24-10)17(20)19-18-9-12-7-15(22-4)16(23-5)8-14(12)21-3/h6-9H,1-5H3,(H,19,20). The maximum absolute atomic E-state index is 12.1. The molecule has 7 nitrogen and oxygen atoms in total. The van der Waals surface area contributed by atoms with Gasteiger partial charge < -0.3 is 18.6 Å². The molecule has 1 N–H and O–H groups in total. The number of carbonyl (C=O) groups excluding carboxylic acids is 1. The summed E-state index contributed by atoms with van der Waals surface area (Å²) in [7, 11) is 4.62. The van der Waals surface area contributed by atoms with Crippen molar-refractivity contribution in [3.05, 3.63) is 40.8 Å². The van der Waals surface area contributed by atoms with E-state index >= 15 is 0 Å². The topological polar surface area (TPSA) is 82.3 Å². The number of nitrogens with one attached hydrogen (secondary N) is 1. The zero-order valence-corrected chi connectivity index (χ0v) is 14.3. The van der Waals surface area contributed by atoms with Crippen molar-refractivity contribution in [3.8, 4) is 17.2 Å². The average molecular weight is 332 g/mol. The van der Waals surface area contributed by atoms with Gasteiger partial charge in [0.2, 0.25) is 0 Å². The van der Waals surface area contributed by atoms with E-state index in [-0.39, 0.29) is 5.91 Å². The molecule has 1 aromatic heterocycles. The third-order valence-electron chi connectivity index (χ3n) is 3.39. The van der Waals surface area contributed by atoms with Crippen molar-refractivity contribution < 1.29 is 23.4 Å². The highest BCUT2D eigenvalue weighted by molar-refractivity contribution is 5.96. The molecular formula is C17H20N2O5. The van der Waals surface area contributed by atoms with E-state index in [0.29, 0.717) is 39.9 Å². The summed E-state index contributed by atoms with van der Waals surface area (Å²) in [6.45, 7) is 3.50. The average Bonchev–Trinajstić information content (AvgIpc) is 2.92. The summed E-state index contributed by atoms with van der Waals surface area (Å²) in [6.07, 6.45) is 1.47. The van der Waals surface area contributed by atoms with Crippen LogP contribution in [-0.4, -0.2) is 33.5 Å². The number of furan rings is 1. The maximum atomic E-state index is 12.1. The first-order valence-corrected chi connectivity index (χ1v) is 7.20. The summed E-state index contributed by atoms with van der Waals surface area (Å²) in [5.74, 6) is 2.49. The Morgan fingerprint density at radius 3 is 2.21 bits per heavy atom. The van der Waals surface area contributed by atoms with Crippen LogP contribution < -0.4 is 19.6 Å². The molecule has 7 heteroatoms. The summed E-state index contributed by atoms with van der Waals surface area (Å²) < 4.78 is 21.1. The number of amides is 1. The van der Waals surface area contributed by atoms with Crippen LogP contribution in [0.3, 0.4) is 0 Å². The highest BCUT2D eigenvalue weighted by Gasteiger charge is 2.13. The molecule has 0 atom stereocenters. The van der Waals surface area contributed by atoms with Gasteiger partial charge in [-0.3, -0.25) is 4.79 Å². The van der Waals surface area contributed by atoms with Gasteiger partial charge in [-0.25, -0.2) is 5.43 Å². The predicted octanol–water partition coefficient (Wildman–Crippen LogP) is 2.69. The van der Waals surface area contributed by atoms with E-state index in [4.69, 9.17) is 18.6 Å². The third kappa shape index (κ3) is 3.68. The summed E-state index contributed by atoms with van der Waals surface area (Å²) in [6, 6.07) is 5.06. The van der Waals surface area contributed by atoms with Crippen LogP contribution in [0, 0.1) is 13.8 Å². The molecule has 2 rings (SSSR count). The highest BCUT2D eigenvalue weighted by Crippen LogP contribution is 2.33. The molecule has 1 heterocycles. The highest BCUT2D eigenvalue weighted by atomic mass is 16.5. The monoisotopic (exact) mass is 332 g/mol.